The van der Waals surface area contributed by atoms with Crippen LogP contribution in [0, 0.1) is 0 Å². The van der Waals surface area contributed by atoms with Crippen molar-refractivity contribution in [2.24, 2.45) is 0 Å². The second kappa shape index (κ2) is 10.8. The zero-order valence-electron chi connectivity index (χ0n) is 19.2. The molecule has 0 aliphatic carbocycles. The number of fused-ring (bicyclic) bond motifs is 1. The molecule has 0 aliphatic heterocycles. The zero-order chi connectivity index (χ0) is 23.0. The number of hydrogen-bond acceptors (Lipinski definition) is 4. The largest absolute Gasteiger partial charge is 0.494 e. The van der Waals surface area contributed by atoms with Gasteiger partial charge in [0, 0.05) is 24.5 Å². The molecule has 0 saturated heterocycles. The number of para-hydroxylation sites is 2. The molecule has 6 heteroatoms. The number of carbonyl (C=O) groups is 1. The van der Waals surface area contributed by atoms with Gasteiger partial charge >= 0.3 is 0 Å². The average molecular weight is 443 g/mol. The fourth-order valence-corrected chi connectivity index (χ4v) is 3.82. The first-order chi connectivity index (χ1) is 16.2. The number of pyridine rings is 1. The van der Waals surface area contributed by atoms with E-state index in [2.05, 4.69) is 46.9 Å². The first-order valence-corrected chi connectivity index (χ1v) is 11.5. The van der Waals surface area contributed by atoms with Gasteiger partial charge in [-0.2, -0.15) is 0 Å². The van der Waals surface area contributed by atoms with Gasteiger partial charge in [-0.3, -0.25) is 9.78 Å². The molecule has 6 nitrogen and oxygen atoms in total. The van der Waals surface area contributed by atoms with Gasteiger partial charge < -0.3 is 14.6 Å². The van der Waals surface area contributed by atoms with E-state index in [1.165, 1.54) is 5.56 Å². The molecule has 0 fully saturated rings. The summed E-state index contributed by atoms with van der Waals surface area (Å²) in [5.41, 5.74) is 3.91. The van der Waals surface area contributed by atoms with Crippen LogP contribution in [0.3, 0.4) is 0 Å². The molecule has 0 aliphatic rings. The van der Waals surface area contributed by atoms with Gasteiger partial charge in [0.15, 0.2) is 0 Å². The molecule has 0 saturated carbocycles. The summed E-state index contributed by atoms with van der Waals surface area (Å²) in [6, 6.07) is 19.8. The van der Waals surface area contributed by atoms with Crippen LogP contribution >= 0.6 is 0 Å². The first kappa shape index (κ1) is 22.5. The zero-order valence-corrected chi connectivity index (χ0v) is 19.2. The minimum absolute atomic E-state index is 0.139. The number of aryl methyl sites for hydroxylation is 1. The van der Waals surface area contributed by atoms with Gasteiger partial charge in [-0.25, -0.2) is 4.98 Å². The van der Waals surface area contributed by atoms with Crippen molar-refractivity contribution in [2.45, 2.75) is 45.7 Å². The molecule has 4 aromatic rings. The topological polar surface area (TPSA) is 69.0 Å². The number of rotatable bonds is 10. The van der Waals surface area contributed by atoms with Crippen molar-refractivity contribution >= 4 is 16.9 Å². The van der Waals surface area contributed by atoms with Crippen molar-refractivity contribution in [1.29, 1.82) is 0 Å². The van der Waals surface area contributed by atoms with E-state index in [1.807, 2.05) is 30.3 Å². The lowest BCUT2D eigenvalue weighted by molar-refractivity contribution is 0.0949. The van der Waals surface area contributed by atoms with Gasteiger partial charge in [-0.15, -0.1) is 0 Å². The summed E-state index contributed by atoms with van der Waals surface area (Å²) >= 11 is 0. The Balaban J connectivity index is 1.38. The third kappa shape index (κ3) is 5.58. The number of amides is 1. The fourth-order valence-electron chi connectivity index (χ4n) is 3.82. The molecule has 33 heavy (non-hydrogen) atoms. The lowest BCUT2D eigenvalue weighted by atomic mass is 9.99. The number of nitrogens with one attached hydrogen (secondary N) is 1. The van der Waals surface area contributed by atoms with Crippen LogP contribution in [-0.2, 0) is 13.1 Å². The van der Waals surface area contributed by atoms with E-state index in [9.17, 15) is 4.79 Å². The summed E-state index contributed by atoms with van der Waals surface area (Å²) in [4.78, 5) is 21.2. The number of carbonyl (C=O) groups excluding carboxylic acids is 1. The highest BCUT2D eigenvalue weighted by Crippen LogP contribution is 2.22. The molecule has 1 amide bonds. The maximum Gasteiger partial charge on any atom is 0.251 e. The van der Waals surface area contributed by atoms with Crippen molar-refractivity contribution < 1.29 is 9.53 Å². The van der Waals surface area contributed by atoms with Gasteiger partial charge in [0.05, 0.1) is 24.2 Å². The minimum atomic E-state index is -0.139. The van der Waals surface area contributed by atoms with Gasteiger partial charge in [0.25, 0.3) is 5.91 Å². The molecule has 1 atom stereocenters. The molecule has 2 aromatic heterocycles. The van der Waals surface area contributed by atoms with Crippen molar-refractivity contribution in [3.05, 3.63) is 90.0 Å². The molecule has 2 heterocycles. The van der Waals surface area contributed by atoms with Gasteiger partial charge in [-0.1, -0.05) is 38.1 Å². The molecule has 0 spiro atoms. The smallest absolute Gasteiger partial charge is 0.251 e. The molecule has 2 aromatic carbocycles. The van der Waals surface area contributed by atoms with E-state index in [0.29, 0.717) is 24.6 Å². The Morgan fingerprint density at radius 3 is 2.58 bits per heavy atom. The van der Waals surface area contributed by atoms with E-state index in [1.54, 1.807) is 24.5 Å². The average Bonchev–Trinajstić information content (AvgIpc) is 3.23. The molecule has 4 rings (SSSR count). The Labute approximate surface area is 194 Å². The number of ether oxygens (including phenoxy) is 1. The summed E-state index contributed by atoms with van der Waals surface area (Å²) in [7, 11) is 0. The van der Waals surface area contributed by atoms with E-state index in [0.717, 1.165) is 42.0 Å². The highest BCUT2D eigenvalue weighted by Gasteiger charge is 2.12. The van der Waals surface area contributed by atoms with Crippen molar-refractivity contribution in [1.82, 2.24) is 19.9 Å². The highest BCUT2D eigenvalue weighted by atomic mass is 16.5. The molecule has 1 N–H and O–H groups in total. The number of nitrogens with zero attached hydrogens (tertiary/aromatic N) is 3. The van der Waals surface area contributed by atoms with Crippen LogP contribution in [0.5, 0.6) is 5.75 Å². The summed E-state index contributed by atoms with van der Waals surface area (Å²) < 4.78 is 8.14. The Morgan fingerprint density at radius 2 is 1.82 bits per heavy atom. The fraction of sp³-hybridized carbons (Fsp3) is 0.296. The Bertz CT molecular complexity index is 1190. The quantitative estimate of drug-likeness (QED) is 0.337. The van der Waals surface area contributed by atoms with Crippen molar-refractivity contribution in [3.63, 3.8) is 0 Å². The number of imidazole rings is 1. The molecule has 0 bridgehead atoms. The van der Waals surface area contributed by atoms with Crippen molar-refractivity contribution in [2.75, 3.05) is 6.61 Å². The van der Waals surface area contributed by atoms with Crippen LogP contribution in [0.15, 0.2) is 73.1 Å². The second-order valence-electron chi connectivity index (χ2n) is 8.17. The number of benzene rings is 2. The van der Waals surface area contributed by atoms with Gasteiger partial charge in [-0.05, 0) is 60.7 Å². The van der Waals surface area contributed by atoms with E-state index in [4.69, 9.17) is 9.72 Å². The van der Waals surface area contributed by atoms with Crippen LogP contribution in [0.1, 0.15) is 54.4 Å². The number of hydrogen-bond donors (Lipinski definition) is 1. The molecular weight excluding hydrogens is 412 g/mol. The van der Waals surface area contributed by atoms with Crippen LogP contribution in [0.4, 0.5) is 0 Å². The first-order valence-electron chi connectivity index (χ1n) is 11.5. The maximum absolute atomic E-state index is 12.5. The van der Waals surface area contributed by atoms with Crippen LogP contribution in [-0.4, -0.2) is 27.0 Å². The van der Waals surface area contributed by atoms with Crippen LogP contribution in [0.2, 0.25) is 0 Å². The monoisotopic (exact) mass is 442 g/mol. The predicted molar refractivity (Wildman–Crippen MR) is 130 cm³/mol. The maximum atomic E-state index is 12.5. The lowest BCUT2D eigenvalue weighted by Crippen LogP contribution is -2.25. The van der Waals surface area contributed by atoms with Gasteiger partial charge in [0.2, 0.25) is 0 Å². The minimum Gasteiger partial charge on any atom is -0.494 e. The van der Waals surface area contributed by atoms with Crippen molar-refractivity contribution in [3.8, 4) is 5.75 Å². The molecular formula is C27H30N4O2. The lowest BCUT2D eigenvalue weighted by Gasteiger charge is -2.12. The summed E-state index contributed by atoms with van der Waals surface area (Å²) in [6.07, 6.45) is 5.19. The Morgan fingerprint density at radius 1 is 1.06 bits per heavy atom. The Kier molecular flexibility index (Phi) is 7.35. The highest BCUT2D eigenvalue weighted by molar-refractivity contribution is 5.93. The summed E-state index contributed by atoms with van der Waals surface area (Å²) in [5, 5.41) is 2.97. The number of aromatic nitrogens is 3. The standard InChI is InChI=1S/C27H30N4O2/c1-3-20(2)21-9-11-23(12-10-21)33-18-6-17-31-25-8-5-4-7-24(25)30-26(31)19-29-27(32)22-13-15-28-16-14-22/h4-5,7-16,20H,3,6,17-19H2,1-2H3,(H,29,32). The SMILES string of the molecule is CCC(C)c1ccc(OCCCn2c(CNC(=O)c3ccncc3)nc3ccccc32)cc1. The van der Waals surface area contributed by atoms with Gasteiger partial charge in [0.1, 0.15) is 11.6 Å². The van der Waals surface area contributed by atoms with Crippen LogP contribution < -0.4 is 10.1 Å². The summed E-state index contributed by atoms with van der Waals surface area (Å²) in [6.45, 7) is 6.16. The Hall–Kier alpha value is -3.67. The van der Waals surface area contributed by atoms with Crippen LogP contribution in [0.25, 0.3) is 11.0 Å². The second-order valence-corrected chi connectivity index (χ2v) is 8.17. The molecule has 1 unspecified atom stereocenters. The van der Waals surface area contributed by atoms with E-state index >= 15 is 0 Å². The third-order valence-electron chi connectivity index (χ3n) is 5.94. The summed E-state index contributed by atoms with van der Waals surface area (Å²) in [5.74, 6) is 2.14. The predicted octanol–water partition coefficient (Wildman–Crippen LogP) is 5.34. The van der Waals surface area contributed by atoms with E-state index in [-0.39, 0.29) is 5.91 Å². The molecule has 0 radical (unpaired) electrons. The molecule has 170 valence electrons. The van der Waals surface area contributed by atoms with E-state index < -0.39 is 0 Å². The normalized spacial score (nSPS) is 11.9. The third-order valence-corrected chi connectivity index (χ3v) is 5.94.